The average Bonchev–Trinajstić information content (AvgIpc) is 3.21. The molecule has 10 heteroatoms. The molecular weight excluding hydrogens is 441 g/mol. The SMILES string of the molecule is C=C1C(c2nnc(Cc3c(F)cc(F)cc3F)s2)=CN2CC3OCCCN3C(=O)C2=C1C. The van der Waals surface area contributed by atoms with Crippen LogP contribution in [-0.4, -0.2) is 51.8 Å². The van der Waals surface area contributed by atoms with Gasteiger partial charge in [0.1, 0.15) is 33.2 Å². The van der Waals surface area contributed by atoms with Crippen LogP contribution in [0.5, 0.6) is 0 Å². The van der Waals surface area contributed by atoms with Gasteiger partial charge in [0.2, 0.25) is 0 Å². The van der Waals surface area contributed by atoms with E-state index >= 15 is 0 Å². The molecule has 2 fully saturated rings. The van der Waals surface area contributed by atoms with E-state index < -0.39 is 17.5 Å². The predicted octanol–water partition coefficient (Wildman–Crippen LogP) is 3.62. The first-order chi connectivity index (χ1) is 15.3. The number of aromatic nitrogens is 2. The first-order valence-electron chi connectivity index (χ1n) is 10.1. The summed E-state index contributed by atoms with van der Waals surface area (Å²) in [7, 11) is 0. The topological polar surface area (TPSA) is 58.6 Å². The molecule has 3 aliphatic rings. The molecule has 4 heterocycles. The van der Waals surface area contributed by atoms with Crippen molar-refractivity contribution in [1.29, 1.82) is 0 Å². The van der Waals surface area contributed by atoms with Crippen molar-refractivity contribution in [2.45, 2.75) is 26.0 Å². The number of hydrogen-bond donors (Lipinski definition) is 0. The lowest BCUT2D eigenvalue weighted by Crippen LogP contribution is -2.57. The number of fused-ring (bicyclic) bond motifs is 2. The number of rotatable bonds is 3. The van der Waals surface area contributed by atoms with Crippen LogP contribution in [0.25, 0.3) is 5.57 Å². The number of nitrogens with zero attached hydrogens (tertiary/aromatic N) is 4. The van der Waals surface area contributed by atoms with E-state index in [9.17, 15) is 18.0 Å². The first-order valence-corrected chi connectivity index (χ1v) is 10.9. The van der Waals surface area contributed by atoms with Crippen LogP contribution < -0.4 is 0 Å². The Morgan fingerprint density at radius 3 is 2.75 bits per heavy atom. The van der Waals surface area contributed by atoms with Gasteiger partial charge >= 0.3 is 0 Å². The smallest absolute Gasteiger partial charge is 0.272 e. The summed E-state index contributed by atoms with van der Waals surface area (Å²) in [6.07, 6.45) is 2.15. The second-order valence-corrected chi connectivity index (χ2v) is 8.91. The van der Waals surface area contributed by atoms with Gasteiger partial charge in [-0.25, -0.2) is 13.2 Å². The molecule has 0 bridgehead atoms. The van der Waals surface area contributed by atoms with Crippen molar-refractivity contribution in [2.75, 3.05) is 19.7 Å². The molecule has 5 rings (SSSR count). The molecule has 3 aliphatic heterocycles. The van der Waals surface area contributed by atoms with Crippen LogP contribution in [0.1, 0.15) is 28.9 Å². The van der Waals surface area contributed by atoms with Crippen LogP contribution in [0.2, 0.25) is 0 Å². The zero-order valence-electron chi connectivity index (χ0n) is 17.2. The van der Waals surface area contributed by atoms with Gasteiger partial charge < -0.3 is 14.5 Å². The summed E-state index contributed by atoms with van der Waals surface area (Å²) in [5.74, 6) is -2.99. The van der Waals surface area contributed by atoms with E-state index in [0.717, 1.165) is 12.0 Å². The number of allylic oxidation sites excluding steroid dienone is 3. The number of carbonyl (C=O) groups is 1. The molecule has 2 saturated heterocycles. The maximum absolute atomic E-state index is 14.0. The molecule has 1 atom stereocenters. The van der Waals surface area contributed by atoms with Crippen LogP contribution in [0, 0.1) is 17.5 Å². The van der Waals surface area contributed by atoms with E-state index in [0.29, 0.717) is 58.7 Å². The van der Waals surface area contributed by atoms with Gasteiger partial charge in [-0.3, -0.25) is 4.79 Å². The maximum atomic E-state index is 14.0. The summed E-state index contributed by atoms with van der Waals surface area (Å²) in [6, 6.07) is 1.29. The Hall–Kier alpha value is -2.98. The fourth-order valence-corrected chi connectivity index (χ4v) is 5.06. The van der Waals surface area contributed by atoms with Crippen molar-refractivity contribution in [3.63, 3.8) is 0 Å². The van der Waals surface area contributed by atoms with Crippen LogP contribution in [0.15, 0.2) is 41.8 Å². The van der Waals surface area contributed by atoms with Crippen molar-refractivity contribution in [1.82, 2.24) is 20.0 Å². The van der Waals surface area contributed by atoms with Gasteiger partial charge in [-0.15, -0.1) is 10.2 Å². The number of hydrogen-bond acceptors (Lipinski definition) is 6. The summed E-state index contributed by atoms with van der Waals surface area (Å²) in [4.78, 5) is 16.6. The number of halogens is 3. The van der Waals surface area contributed by atoms with Gasteiger partial charge in [0.15, 0.2) is 6.23 Å². The minimum Gasteiger partial charge on any atom is -0.356 e. The lowest BCUT2D eigenvalue weighted by atomic mass is 9.94. The predicted molar refractivity (Wildman–Crippen MR) is 112 cm³/mol. The van der Waals surface area contributed by atoms with Crippen molar-refractivity contribution < 1.29 is 22.7 Å². The standard InChI is InChI=1S/C22H19F3N4O2S/c1-11-12(2)20-22(30)29-4-3-5-31-19(29)10-28(20)9-15(11)21-27-26-18(32-21)8-14-16(24)6-13(23)7-17(14)25/h6-7,9,19H,1,3-5,8,10H2,2H3. The molecule has 1 amide bonds. The highest BCUT2D eigenvalue weighted by Gasteiger charge is 2.41. The quantitative estimate of drug-likeness (QED) is 0.700. The Kier molecular flexibility index (Phi) is 5.13. The number of benzene rings is 1. The van der Waals surface area contributed by atoms with Crippen molar-refractivity contribution >= 4 is 22.8 Å². The summed E-state index contributed by atoms with van der Waals surface area (Å²) in [5.41, 5.74) is 2.37. The summed E-state index contributed by atoms with van der Waals surface area (Å²) < 4.78 is 47.0. The molecule has 0 N–H and O–H groups in total. The van der Waals surface area contributed by atoms with Crippen molar-refractivity contribution in [3.8, 4) is 0 Å². The molecule has 0 aliphatic carbocycles. The van der Waals surface area contributed by atoms with E-state index in [-0.39, 0.29) is 24.1 Å². The first kappa shape index (κ1) is 20.9. The molecule has 2 aromatic rings. The Balaban J connectivity index is 1.44. The molecule has 1 aromatic carbocycles. The monoisotopic (exact) mass is 460 g/mol. The lowest BCUT2D eigenvalue weighted by Gasteiger charge is -2.46. The van der Waals surface area contributed by atoms with Gasteiger partial charge in [-0.05, 0) is 24.5 Å². The zero-order chi connectivity index (χ0) is 22.6. The molecule has 0 saturated carbocycles. The van der Waals surface area contributed by atoms with E-state index in [1.165, 1.54) is 11.3 Å². The number of piperazine rings is 1. The summed E-state index contributed by atoms with van der Waals surface area (Å²) in [6.45, 7) is 7.74. The average molecular weight is 460 g/mol. The highest BCUT2D eigenvalue weighted by Crippen LogP contribution is 2.39. The molecular formula is C22H19F3N4O2S. The summed E-state index contributed by atoms with van der Waals surface area (Å²) >= 11 is 1.17. The minimum absolute atomic E-state index is 0.0879. The van der Waals surface area contributed by atoms with Gasteiger partial charge in [0.25, 0.3) is 5.91 Å². The van der Waals surface area contributed by atoms with Crippen LogP contribution in [0.4, 0.5) is 13.2 Å². The van der Waals surface area contributed by atoms with Crippen molar-refractivity contribution in [2.24, 2.45) is 0 Å². The largest absolute Gasteiger partial charge is 0.356 e. The molecule has 0 radical (unpaired) electrons. The third-order valence-electron chi connectivity index (χ3n) is 5.85. The Bertz CT molecular complexity index is 1180. The third kappa shape index (κ3) is 3.43. The number of amides is 1. The highest BCUT2D eigenvalue weighted by molar-refractivity contribution is 7.12. The van der Waals surface area contributed by atoms with E-state index in [2.05, 4.69) is 16.8 Å². The fourth-order valence-electron chi connectivity index (χ4n) is 4.17. The highest BCUT2D eigenvalue weighted by atomic mass is 32.1. The van der Waals surface area contributed by atoms with Gasteiger partial charge in [0.05, 0.1) is 13.2 Å². The second kappa shape index (κ2) is 7.86. The molecule has 1 aromatic heterocycles. The van der Waals surface area contributed by atoms with E-state index in [1.807, 2.05) is 11.8 Å². The third-order valence-corrected chi connectivity index (χ3v) is 6.81. The number of ether oxygens (including phenoxy) is 1. The van der Waals surface area contributed by atoms with Crippen molar-refractivity contribution in [3.05, 3.63) is 74.8 Å². The van der Waals surface area contributed by atoms with Crippen LogP contribution >= 0.6 is 11.3 Å². The molecule has 32 heavy (non-hydrogen) atoms. The van der Waals surface area contributed by atoms with E-state index in [1.54, 1.807) is 11.1 Å². The Labute approximate surface area is 186 Å². The Morgan fingerprint density at radius 2 is 2.00 bits per heavy atom. The second-order valence-electron chi connectivity index (χ2n) is 7.85. The van der Waals surface area contributed by atoms with E-state index in [4.69, 9.17) is 4.74 Å². The molecule has 1 unspecified atom stereocenters. The van der Waals surface area contributed by atoms with Crippen LogP contribution in [0.3, 0.4) is 0 Å². The maximum Gasteiger partial charge on any atom is 0.272 e. The van der Waals surface area contributed by atoms with Gasteiger partial charge in [-0.2, -0.15) is 0 Å². The Morgan fingerprint density at radius 1 is 1.25 bits per heavy atom. The summed E-state index contributed by atoms with van der Waals surface area (Å²) in [5, 5.41) is 9.14. The number of carbonyl (C=O) groups excluding carboxylic acids is 1. The van der Waals surface area contributed by atoms with Gasteiger partial charge in [0, 0.05) is 42.4 Å². The minimum atomic E-state index is -0.972. The van der Waals surface area contributed by atoms with Crippen LogP contribution in [-0.2, 0) is 16.0 Å². The normalized spacial score (nSPS) is 21.0. The zero-order valence-corrected chi connectivity index (χ0v) is 18.0. The molecule has 6 nitrogen and oxygen atoms in total. The lowest BCUT2D eigenvalue weighted by molar-refractivity contribution is -0.160. The molecule has 0 spiro atoms. The molecule has 166 valence electrons. The fraction of sp³-hybridized carbons (Fsp3) is 0.318. The van der Waals surface area contributed by atoms with Gasteiger partial charge in [-0.1, -0.05) is 17.9 Å².